The molecule has 0 aromatic rings. The van der Waals surface area contributed by atoms with Gasteiger partial charge in [0.05, 0.1) is 0 Å². The molecule has 0 aromatic heterocycles. The number of thioether (sulfide) groups is 1. The van der Waals surface area contributed by atoms with E-state index in [1.165, 1.54) is 5.75 Å². The van der Waals surface area contributed by atoms with Gasteiger partial charge in [0.1, 0.15) is 0 Å². The van der Waals surface area contributed by atoms with Gasteiger partial charge in [-0.1, -0.05) is 0 Å². The summed E-state index contributed by atoms with van der Waals surface area (Å²) in [5.41, 5.74) is 0. The fourth-order valence-corrected chi connectivity index (χ4v) is 2.05. The minimum Gasteiger partial charge on any atom is -0.385 e. The van der Waals surface area contributed by atoms with E-state index >= 15 is 0 Å². The number of methoxy groups -OCH3 is 1. The van der Waals surface area contributed by atoms with E-state index in [0.717, 1.165) is 32.7 Å². The Morgan fingerprint density at radius 3 is 2.73 bits per heavy atom. The molecule has 0 heterocycles. The number of hydrogen-bond donors (Lipinski definition) is 1. The number of rotatable bonds is 10. The minimum absolute atomic E-state index is 0.667. The lowest BCUT2D eigenvalue weighted by molar-refractivity contribution is 0.193. The number of nitrogens with zero attached hydrogens (tertiary/aromatic N) is 1. The summed E-state index contributed by atoms with van der Waals surface area (Å²) < 4.78 is 4.99. The number of hydrogen-bond acceptors (Lipinski definition) is 4. The topological polar surface area (TPSA) is 24.5 Å². The molecule has 92 valence electrons. The van der Waals surface area contributed by atoms with Crippen LogP contribution in [-0.4, -0.2) is 63.3 Å². The largest absolute Gasteiger partial charge is 0.385 e. The van der Waals surface area contributed by atoms with E-state index in [4.69, 9.17) is 4.74 Å². The van der Waals surface area contributed by atoms with Crippen LogP contribution in [0, 0.1) is 0 Å². The Morgan fingerprint density at radius 1 is 1.40 bits per heavy atom. The molecule has 0 aliphatic carbocycles. The van der Waals surface area contributed by atoms with Crippen molar-refractivity contribution in [2.24, 2.45) is 0 Å². The standard InChI is InChI=1S/C11H26N2OS/c1-11(10-15-4)13(2)8-7-12-6-5-9-14-3/h11-12H,5-10H2,1-4H3. The third kappa shape index (κ3) is 9.18. The second-order valence-electron chi connectivity index (χ2n) is 3.88. The molecule has 0 rings (SSSR count). The van der Waals surface area contributed by atoms with Gasteiger partial charge in [-0.25, -0.2) is 0 Å². The Hall–Kier alpha value is 0.230. The Kier molecular flexibility index (Phi) is 10.9. The van der Waals surface area contributed by atoms with Crippen LogP contribution in [0.25, 0.3) is 0 Å². The minimum atomic E-state index is 0.667. The third-order valence-electron chi connectivity index (χ3n) is 2.50. The molecule has 0 saturated heterocycles. The van der Waals surface area contributed by atoms with Crippen molar-refractivity contribution in [3.05, 3.63) is 0 Å². The summed E-state index contributed by atoms with van der Waals surface area (Å²) in [6.07, 6.45) is 3.26. The van der Waals surface area contributed by atoms with E-state index < -0.39 is 0 Å². The Bertz CT molecular complexity index is 136. The summed E-state index contributed by atoms with van der Waals surface area (Å²) in [7, 11) is 3.94. The zero-order chi connectivity index (χ0) is 11.5. The second kappa shape index (κ2) is 10.7. The molecule has 0 aliphatic heterocycles. The molecule has 0 aromatic carbocycles. The van der Waals surface area contributed by atoms with Gasteiger partial charge in [-0.3, -0.25) is 0 Å². The summed E-state index contributed by atoms with van der Waals surface area (Å²) >= 11 is 1.91. The van der Waals surface area contributed by atoms with E-state index in [-0.39, 0.29) is 0 Å². The van der Waals surface area contributed by atoms with Crippen molar-refractivity contribution in [3.8, 4) is 0 Å². The zero-order valence-corrected chi connectivity index (χ0v) is 11.4. The van der Waals surface area contributed by atoms with Crippen LogP contribution >= 0.6 is 11.8 Å². The van der Waals surface area contributed by atoms with E-state index in [9.17, 15) is 0 Å². The number of likely N-dealkylation sites (N-methyl/N-ethyl adjacent to an activating group) is 1. The highest BCUT2D eigenvalue weighted by Gasteiger charge is 2.06. The van der Waals surface area contributed by atoms with Crippen molar-refractivity contribution in [2.75, 3.05) is 52.4 Å². The molecule has 0 fully saturated rings. The smallest absolute Gasteiger partial charge is 0.0474 e. The monoisotopic (exact) mass is 234 g/mol. The van der Waals surface area contributed by atoms with Crippen LogP contribution in [0.3, 0.4) is 0 Å². The van der Waals surface area contributed by atoms with Crippen LogP contribution in [-0.2, 0) is 4.74 Å². The average Bonchev–Trinajstić information content (AvgIpc) is 2.23. The van der Waals surface area contributed by atoms with Gasteiger partial charge in [0.25, 0.3) is 0 Å². The summed E-state index contributed by atoms with van der Waals surface area (Å²) in [6.45, 7) is 6.37. The molecule has 0 aliphatic rings. The van der Waals surface area contributed by atoms with Gasteiger partial charge < -0.3 is 15.0 Å². The van der Waals surface area contributed by atoms with E-state index in [0.29, 0.717) is 6.04 Å². The van der Waals surface area contributed by atoms with Crippen LogP contribution in [0.15, 0.2) is 0 Å². The van der Waals surface area contributed by atoms with E-state index in [1.54, 1.807) is 7.11 Å². The van der Waals surface area contributed by atoms with Gasteiger partial charge in [-0.05, 0) is 33.2 Å². The fraction of sp³-hybridized carbons (Fsp3) is 1.00. The van der Waals surface area contributed by atoms with Crippen LogP contribution < -0.4 is 5.32 Å². The lowest BCUT2D eigenvalue weighted by Crippen LogP contribution is -2.37. The SMILES string of the molecule is COCCCNCCN(C)C(C)CSC. The molecular weight excluding hydrogens is 208 g/mol. The maximum atomic E-state index is 4.99. The molecular formula is C11H26N2OS. The van der Waals surface area contributed by atoms with Gasteiger partial charge in [-0.15, -0.1) is 0 Å². The molecule has 1 atom stereocenters. The lowest BCUT2D eigenvalue weighted by atomic mass is 10.3. The average molecular weight is 234 g/mol. The predicted molar refractivity (Wildman–Crippen MR) is 69.8 cm³/mol. The Labute approximate surface area is 98.9 Å². The Morgan fingerprint density at radius 2 is 2.13 bits per heavy atom. The molecule has 15 heavy (non-hydrogen) atoms. The number of ether oxygens (including phenoxy) is 1. The summed E-state index contributed by atoms with van der Waals surface area (Å²) in [5.74, 6) is 1.21. The first-order chi connectivity index (χ1) is 7.22. The van der Waals surface area contributed by atoms with Crippen LogP contribution in [0.1, 0.15) is 13.3 Å². The predicted octanol–water partition coefficient (Wildman–Crippen LogP) is 1.30. The third-order valence-corrected chi connectivity index (χ3v) is 3.32. The van der Waals surface area contributed by atoms with Gasteiger partial charge in [-0.2, -0.15) is 11.8 Å². The molecule has 0 amide bonds. The van der Waals surface area contributed by atoms with Gasteiger partial charge in [0.2, 0.25) is 0 Å². The quantitative estimate of drug-likeness (QED) is 0.576. The van der Waals surface area contributed by atoms with Gasteiger partial charge >= 0.3 is 0 Å². The summed E-state index contributed by atoms with van der Waals surface area (Å²) in [6, 6.07) is 0.667. The first-order valence-electron chi connectivity index (χ1n) is 5.61. The fourth-order valence-electron chi connectivity index (χ4n) is 1.31. The Balaban J connectivity index is 3.26. The second-order valence-corrected chi connectivity index (χ2v) is 4.79. The van der Waals surface area contributed by atoms with Crippen molar-refractivity contribution < 1.29 is 4.74 Å². The van der Waals surface area contributed by atoms with Crippen LogP contribution in [0.2, 0.25) is 0 Å². The van der Waals surface area contributed by atoms with Crippen molar-refractivity contribution in [3.63, 3.8) is 0 Å². The van der Waals surface area contributed by atoms with Crippen molar-refractivity contribution in [1.82, 2.24) is 10.2 Å². The first kappa shape index (κ1) is 15.2. The first-order valence-corrected chi connectivity index (χ1v) is 7.00. The summed E-state index contributed by atoms with van der Waals surface area (Å²) in [4.78, 5) is 2.40. The van der Waals surface area contributed by atoms with Gasteiger partial charge in [0.15, 0.2) is 0 Å². The lowest BCUT2D eigenvalue weighted by Gasteiger charge is -2.24. The van der Waals surface area contributed by atoms with Crippen LogP contribution in [0.5, 0.6) is 0 Å². The maximum absolute atomic E-state index is 4.99. The van der Waals surface area contributed by atoms with Crippen LogP contribution in [0.4, 0.5) is 0 Å². The highest BCUT2D eigenvalue weighted by atomic mass is 32.2. The molecule has 3 nitrogen and oxygen atoms in total. The van der Waals surface area contributed by atoms with E-state index in [1.807, 2.05) is 11.8 Å². The van der Waals surface area contributed by atoms with Gasteiger partial charge in [0, 0.05) is 38.6 Å². The van der Waals surface area contributed by atoms with Crippen molar-refractivity contribution >= 4 is 11.8 Å². The molecule has 0 bridgehead atoms. The summed E-state index contributed by atoms with van der Waals surface area (Å²) in [5, 5.41) is 3.42. The normalized spacial score (nSPS) is 13.4. The highest BCUT2D eigenvalue weighted by molar-refractivity contribution is 7.98. The zero-order valence-electron chi connectivity index (χ0n) is 10.6. The maximum Gasteiger partial charge on any atom is 0.0474 e. The molecule has 1 unspecified atom stereocenters. The highest BCUT2D eigenvalue weighted by Crippen LogP contribution is 2.02. The molecule has 1 N–H and O–H groups in total. The molecule has 0 saturated carbocycles. The molecule has 0 radical (unpaired) electrons. The van der Waals surface area contributed by atoms with Crippen molar-refractivity contribution in [2.45, 2.75) is 19.4 Å². The van der Waals surface area contributed by atoms with Crippen molar-refractivity contribution in [1.29, 1.82) is 0 Å². The number of nitrogens with one attached hydrogen (secondary N) is 1. The van der Waals surface area contributed by atoms with E-state index in [2.05, 4.69) is 30.4 Å². The molecule has 0 spiro atoms. The molecule has 4 heteroatoms.